The number of hydrogen-bond donors (Lipinski definition) is 0. The number of nitro groups is 1. The summed E-state index contributed by atoms with van der Waals surface area (Å²) in [6, 6.07) is 3.32. The molecule has 1 saturated heterocycles. The molecule has 0 aliphatic carbocycles. The third kappa shape index (κ3) is 3.17. The van der Waals surface area contributed by atoms with Crippen molar-refractivity contribution in [1.82, 2.24) is 9.78 Å². The van der Waals surface area contributed by atoms with Crippen molar-refractivity contribution in [2.45, 2.75) is 32.7 Å². The van der Waals surface area contributed by atoms with Crippen LogP contribution in [0, 0.1) is 24.0 Å². The van der Waals surface area contributed by atoms with Gasteiger partial charge in [0.25, 0.3) is 5.69 Å². The Labute approximate surface area is 139 Å². The fourth-order valence-corrected chi connectivity index (χ4v) is 3.61. The van der Waals surface area contributed by atoms with Crippen molar-refractivity contribution >= 4 is 23.0 Å². The van der Waals surface area contributed by atoms with Crippen molar-refractivity contribution in [1.29, 1.82) is 0 Å². The van der Waals surface area contributed by atoms with E-state index >= 15 is 0 Å². The van der Waals surface area contributed by atoms with E-state index in [1.807, 2.05) is 24.7 Å². The monoisotopic (exact) mass is 334 g/mol. The van der Waals surface area contributed by atoms with Gasteiger partial charge in [0.05, 0.1) is 27.9 Å². The van der Waals surface area contributed by atoms with Gasteiger partial charge in [-0.2, -0.15) is 5.10 Å². The van der Waals surface area contributed by atoms with Crippen molar-refractivity contribution < 1.29 is 4.92 Å². The minimum atomic E-state index is -0.409. The number of hydrogen-bond acceptors (Lipinski definition) is 4. The Kier molecular flexibility index (Phi) is 4.26. The van der Waals surface area contributed by atoms with E-state index in [4.69, 9.17) is 11.6 Å². The SMILES string of the molecule is Cc1cnn(C2CCCN(c3c(C)cc([N+](=O)[O-])cc3Cl)C2)c1. The third-order valence-corrected chi connectivity index (χ3v) is 4.56. The van der Waals surface area contributed by atoms with Gasteiger partial charge in [0.1, 0.15) is 0 Å². The van der Waals surface area contributed by atoms with E-state index in [-0.39, 0.29) is 5.69 Å². The van der Waals surface area contributed by atoms with Gasteiger partial charge in [-0.05, 0) is 37.8 Å². The predicted octanol–water partition coefficient (Wildman–Crippen LogP) is 3.90. The van der Waals surface area contributed by atoms with E-state index < -0.39 is 4.92 Å². The van der Waals surface area contributed by atoms with Gasteiger partial charge in [-0.25, -0.2) is 0 Å². The fourth-order valence-electron chi connectivity index (χ4n) is 3.23. The average molecular weight is 335 g/mol. The van der Waals surface area contributed by atoms with Gasteiger partial charge in [-0.15, -0.1) is 0 Å². The number of benzene rings is 1. The fraction of sp³-hybridized carbons (Fsp3) is 0.438. The zero-order valence-electron chi connectivity index (χ0n) is 13.2. The lowest BCUT2D eigenvalue weighted by Gasteiger charge is -2.35. The van der Waals surface area contributed by atoms with Crippen LogP contribution in [0.1, 0.15) is 30.0 Å². The number of piperidine rings is 1. The Morgan fingerprint density at radius 1 is 1.39 bits per heavy atom. The van der Waals surface area contributed by atoms with Gasteiger partial charge >= 0.3 is 0 Å². The van der Waals surface area contributed by atoms with Crippen molar-refractivity contribution in [3.8, 4) is 0 Å². The highest BCUT2D eigenvalue weighted by Gasteiger charge is 2.25. The summed E-state index contributed by atoms with van der Waals surface area (Å²) in [6.45, 7) is 5.60. The summed E-state index contributed by atoms with van der Waals surface area (Å²) < 4.78 is 2.01. The van der Waals surface area contributed by atoms with Crippen molar-refractivity contribution in [3.05, 3.63) is 50.8 Å². The van der Waals surface area contributed by atoms with Crippen molar-refractivity contribution in [2.24, 2.45) is 0 Å². The molecule has 0 N–H and O–H groups in total. The van der Waals surface area contributed by atoms with Gasteiger partial charge in [0.2, 0.25) is 0 Å². The topological polar surface area (TPSA) is 64.2 Å². The Hall–Kier alpha value is -2.08. The molecule has 1 aliphatic rings. The largest absolute Gasteiger partial charge is 0.368 e. The summed E-state index contributed by atoms with van der Waals surface area (Å²) in [5.41, 5.74) is 2.91. The van der Waals surface area contributed by atoms with Gasteiger partial charge in [-0.3, -0.25) is 14.8 Å². The zero-order chi connectivity index (χ0) is 16.6. The number of aromatic nitrogens is 2. The number of nitro benzene ring substituents is 1. The maximum Gasteiger partial charge on any atom is 0.271 e. The minimum Gasteiger partial charge on any atom is -0.368 e. The molecular formula is C16H19ClN4O2. The molecule has 0 amide bonds. The lowest BCUT2D eigenvalue weighted by Crippen LogP contribution is -2.37. The molecule has 2 aromatic rings. The normalized spacial score (nSPS) is 18.2. The van der Waals surface area contributed by atoms with Gasteiger partial charge in [0, 0.05) is 31.4 Å². The first-order chi connectivity index (χ1) is 11.0. The molecule has 1 aliphatic heterocycles. The molecule has 1 atom stereocenters. The van der Waals surface area contributed by atoms with Gasteiger partial charge < -0.3 is 4.90 Å². The lowest BCUT2D eigenvalue weighted by molar-refractivity contribution is -0.384. The maximum atomic E-state index is 11.0. The van der Waals surface area contributed by atoms with E-state index in [2.05, 4.69) is 16.2 Å². The Morgan fingerprint density at radius 2 is 2.17 bits per heavy atom. The Balaban J connectivity index is 1.88. The van der Waals surface area contributed by atoms with Crippen LogP contribution in [0.2, 0.25) is 5.02 Å². The minimum absolute atomic E-state index is 0.0347. The maximum absolute atomic E-state index is 11.0. The third-order valence-electron chi connectivity index (χ3n) is 4.27. The molecular weight excluding hydrogens is 316 g/mol. The van der Waals surface area contributed by atoms with Crippen LogP contribution < -0.4 is 4.90 Å². The van der Waals surface area contributed by atoms with Crippen LogP contribution in [0.5, 0.6) is 0 Å². The van der Waals surface area contributed by atoms with E-state index in [1.54, 1.807) is 6.07 Å². The van der Waals surface area contributed by atoms with E-state index in [0.29, 0.717) is 11.1 Å². The van der Waals surface area contributed by atoms with E-state index in [9.17, 15) is 10.1 Å². The predicted molar refractivity (Wildman–Crippen MR) is 90.3 cm³/mol. The number of nitrogens with zero attached hydrogens (tertiary/aromatic N) is 4. The Bertz CT molecular complexity index is 720. The standard InChI is InChI=1S/C16H19ClN4O2/c1-11-8-18-20(9-11)13-4-3-5-19(10-13)16-12(2)6-14(21(22)23)7-15(16)17/h6-9,13H,3-5,10H2,1-2H3. The van der Waals surface area contributed by atoms with Gasteiger partial charge in [-0.1, -0.05) is 11.6 Å². The summed E-state index contributed by atoms with van der Waals surface area (Å²) in [5, 5.41) is 15.8. The lowest BCUT2D eigenvalue weighted by atomic mass is 10.0. The molecule has 0 saturated carbocycles. The second-order valence-electron chi connectivity index (χ2n) is 6.09. The van der Waals surface area contributed by atoms with Crippen LogP contribution in [-0.2, 0) is 0 Å². The van der Waals surface area contributed by atoms with Crippen molar-refractivity contribution in [3.63, 3.8) is 0 Å². The van der Waals surface area contributed by atoms with E-state index in [1.165, 1.54) is 6.07 Å². The van der Waals surface area contributed by atoms with Gasteiger partial charge in [0.15, 0.2) is 0 Å². The molecule has 1 aromatic carbocycles. The number of anilines is 1. The summed E-state index contributed by atoms with van der Waals surface area (Å²) in [7, 11) is 0. The van der Waals surface area contributed by atoms with Crippen LogP contribution in [0.25, 0.3) is 0 Å². The molecule has 1 fully saturated rings. The number of halogens is 1. The molecule has 3 rings (SSSR count). The van der Waals surface area contributed by atoms with Crippen LogP contribution in [-0.4, -0.2) is 27.8 Å². The van der Waals surface area contributed by atoms with Crippen molar-refractivity contribution in [2.75, 3.05) is 18.0 Å². The molecule has 1 unspecified atom stereocenters. The summed E-state index contributed by atoms with van der Waals surface area (Å²) >= 11 is 6.34. The highest BCUT2D eigenvalue weighted by atomic mass is 35.5. The number of non-ortho nitro benzene ring substituents is 1. The molecule has 1 aromatic heterocycles. The highest BCUT2D eigenvalue weighted by Crippen LogP contribution is 2.36. The first-order valence-corrected chi connectivity index (χ1v) is 8.03. The first kappa shape index (κ1) is 15.8. The zero-order valence-corrected chi connectivity index (χ0v) is 14.0. The Morgan fingerprint density at radius 3 is 2.78 bits per heavy atom. The second-order valence-corrected chi connectivity index (χ2v) is 6.50. The molecule has 0 bridgehead atoms. The molecule has 0 radical (unpaired) electrons. The summed E-state index contributed by atoms with van der Waals surface area (Å²) in [4.78, 5) is 12.8. The molecule has 0 spiro atoms. The molecule has 2 heterocycles. The van der Waals surface area contributed by atoms with Crippen LogP contribution in [0.15, 0.2) is 24.5 Å². The smallest absolute Gasteiger partial charge is 0.271 e. The van der Waals surface area contributed by atoms with E-state index in [0.717, 1.165) is 42.7 Å². The number of aryl methyl sites for hydroxylation is 2. The molecule has 6 nitrogen and oxygen atoms in total. The number of rotatable bonds is 3. The first-order valence-electron chi connectivity index (χ1n) is 7.66. The quantitative estimate of drug-likeness (QED) is 0.630. The average Bonchev–Trinajstić information content (AvgIpc) is 2.93. The van der Waals surface area contributed by atoms with Crippen LogP contribution in [0.3, 0.4) is 0 Å². The van der Waals surface area contributed by atoms with Crippen LogP contribution in [0.4, 0.5) is 11.4 Å². The summed E-state index contributed by atoms with van der Waals surface area (Å²) in [6.07, 6.45) is 6.03. The highest BCUT2D eigenvalue weighted by molar-refractivity contribution is 6.33. The molecule has 7 heteroatoms. The van der Waals surface area contributed by atoms with Crippen LogP contribution >= 0.6 is 11.6 Å². The molecule has 122 valence electrons. The summed E-state index contributed by atoms with van der Waals surface area (Å²) in [5.74, 6) is 0. The molecule has 23 heavy (non-hydrogen) atoms. The second kappa shape index (κ2) is 6.20.